The van der Waals surface area contributed by atoms with Gasteiger partial charge in [0.25, 0.3) is 0 Å². The summed E-state index contributed by atoms with van der Waals surface area (Å²) in [6.45, 7) is 2.62. The molecule has 1 aromatic carbocycles. The monoisotopic (exact) mass is 215 g/mol. The van der Waals surface area contributed by atoms with E-state index in [0.717, 1.165) is 16.7 Å². The smallest absolute Gasteiger partial charge is 0.221 e. The standard InChI is InChI=1S/C13H13NO2/c1-8-2-3-9-10(4-8)13(5-11(9)15)6-12(16)14-7-13/h2-4H,5-7H2,1H3,(H,14,16). The van der Waals surface area contributed by atoms with Crippen molar-refractivity contribution in [2.24, 2.45) is 0 Å². The van der Waals surface area contributed by atoms with Gasteiger partial charge in [0.05, 0.1) is 0 Å². The molecule has 0 aromatic heterocycles. The lowest BCUT2D eigenvalue weighted by Crippen LogP contribution is -2.26. The lowest BCUT2D eigenvalue weighted by Gasteiger charge is -2.21. The molecule has 3 nitrogen and oxygen atoms in total. The zero-order valence-corrected chi connectivity index (χ0v) is 9.17. The Labute approximate surface area is 93.8 Å². The molecule has 1 aliphatic carbocycles. The van der Waals surface area contributed by atoms with Crippen LogP contribution in [0.3, 0.4) is 0 Å². The van der Waals surface area contributed by atoms with Crippen LogP contribution in [0.15, 0.2) is 18.2 Å². The summed E-state index contributed by atoms with van der Waals surface area (Å²) < 4.78 is 0. The number of Topliss-reactive ketones (excluding diaryl/α,β-unsaturated/α-hetero) is 1. The van der Waals surface area contributed by atoms with E-state index in [2.05, 4.69) is 11.4 Å². The van der Waals surface area contributed by atoms with Gasteiger partial charge in [-0.1, -0.05) is 23.8 Å². The van der Waals surface area contributed by atoms with Crippen LogP contribution in [0.5, 0.6) is 0 Å². The lowest BCUT2D eigenvalue weighted by atomic mass is 9.80. The number of aryl methyl sites for hydroxylation is 1. The Bertz CT molecular complexity index is 507. The first-order chi connectivity index (χ1) is 7.61. The van der Waals surface area contributed by atoms with E-state index in [-0.39, 0.29) is 17.1 Å². The number of fused-ring (bicyclic) bond motifs is 2. The molecule has 3 heteroatoms. The van der Waals surface area contributed by atoms with E-state index in [1.807, 2.05) is 19.1 Å². The second kappa shape index (κ2) is 2.94. The Morgan fingerprint density at radius 1 is 1.25 bits per heavy atom. The highest BCUT2D eigenvalue weighted by Gasteiger charge is 2.47. The average molecular weight is 215 g/mol. The molecule has 1 fully saturated rings. The van der Waals surface area contributed by atoms with Crippen molar-refractivity contribution in [2.45, 2.75) is 25.2 Å². The Morgan fingerprint density at radius 2 is 2.06 bits per heavy atom. The normalized spacial score (nSPS) is 27.3. The summed E-state index contributed by atoms with van der Waals surface area (Å²) in [5.74, 6) is 0.230. The molecule has 0 saturated carbocycles. The van der Waals surface area contributed by atoms with E-state index in [4.69, 9.17) is 0 Å². The maximum Gasteiger partial charge on any atom is 0.221 e. The van der Waals surface area contributed by atoms with Crippen LogP contribution in [0.1, 0.15) is 34.3 Å². The molecule has 1 aromatic rings. The minimum Gasteiger partial charge on any atom is -0.355 e. The topological polar surface area (TPSA) is 46.2 Å². The van der Waals surface area contributed by atoms with Gasteiger partial charge in [0.1, 0.15) is 0 Å². The molecule has 0 bridgehead atoms. The molecule has 1 N–H and O–H groups in total. The molecule has 1 aliphatic heterocycles. The zero-order valence-electron chi connectivity index (χ0n) is 9.17. The minimum absolute atomic E-state index is 0.0576. The highest BCUT2D eigenvalue weighted by atomic mass is 16.2. The number of ketones is 1. The van der Waals surface area contributed by atoms with Gasteiger partial charge >= 0.3 is 0 Å². The minimum atomic E-state index is -0.254. The fraction of sp³-hybridized carbons (Fsp3) is 0.385. The predicted octanol–water partition coefficient (Wildman–Crippen LogP) is 1.34. The fourth-order valence-corrected chi connectivity index (χ4v) is 2.85. The molecule has 16 heavy (non-hydrogen) atoms. The van der Waals surface area contributed by atoms with Crippen LogP contribution in [0, 0.1) is 6.92 Å². The maximum absolute atomic E-state index is 11.9. The van der Waals surface area contributed by atoms with Crippen molar-refractivity contribution in [3.8, 4) is 0 Å². The number of hydrogen-bond acceptors (Lipinski definition) is 2. The summed E-state index contributed by atoms with van der Waals surface area (Å²) in [7, 11) is 0. The number of amides is 1. The summed E-state index contributed by atoms with van der Waals surface area (Å²) in [4.78, 5) is 23.3. The molecule has 0 radical (unpaired) electrons. The van der Waals surface area contributed by atoms with E-state index < -0.39 is 0 Å². The van der Waals surface area contributed by atoms with E-state index in [9.17, 15) is 9.59 Å². The highest BCUT2D eigenvalue weighted by molar-refractivity contribution is 6.03. The highest BCUT2D eigenvalue weighted by Crippen LogP contribution is 2.43. The van der Waals surface area contributed by atoms with Crippen molar-refractivity contribution in [2.75, 3.05) is 6.54 Å². The first-order valence-corrected chi connectivity index (χ1v) is 5.52. The van der Waals surface area contributed by atoms with Gasteiger partial charge in [0.15, 0.2) is 5.78 Å². The second-order valence-corrected chi connectivity index (χ2v) is 4.88. The number of carbonyl (C=O) groups excluding carboxylic acids is 2. The van der Waals surface area contributed by atoms with Crippen LogP contribution in [-0.2, 0) is 10.2 Å². The summed E-state index contributed by atoms with van der Waals surface area (Å²) in [6, 6.07) is 5.91. The van der Waals surface area contributed by atoms with Crippen LogP contribution in [-0.4, -0.2) is 18.2 Å². The van der Waals surface area contributed by atoms with Crippen LogP contribution >= 0.6 is 0 Å². The third-order valence-electron chi connectivity index (χ3n) is 3.67. The Balaban J connectivity index is 2.17. The van der Waals surface area contributed by atoms with Crippen LogP contribution in [0.25, 0.3) is 0 Å². The molecular weight excluding hydrogens is 202 g/mol. The van der Waals surface area contributed by atoms with E-state index in [0.29, 0.717) is 19.4 Å². The molecule has 1 atom stereocenters. The summed E-state index contributed by atoms with van der Waals surface area (Å²) >= 11 is 0. The molecule has 1 unspecified atom stereocenters. The summed E-state index contributed by atoms with van der Waals surface area (Å²) in [5, 5.41) is 2.84. The number of carbonyl (C=O) groups is 2. The molecule has 1 spiro atoms. The Morgan fingerprint density at radius 3 is 2.75 bits per heavy atom. The van der Waals surface area contributed by atoms with Gasteiger partial charge in [0, 0.05) is 30.4 Å². The van der Waals surface area contributed by atoms with E-state index in [1.54, 1.807) is 0 Å². The van der Waals surface area contributed by atoms with Crippen molar-refractivity contribution in [3.63, 3.8) is 0 Å². The molecule has 1 heterocycles. The molecule has 1 saturated heterocycles. The average Bonchev–Trinajstić information content (AvgIpc) is 2.71. The van der Waals surface area contributed by atoms with Gasteiger partial charge in [-0.3, -0.25) is 9.59 Å². The quantitative estimate of drug-likeness (QED) is 0.709. The molecule has 2 aliphatic rings. The van der Waals surface area contributed by atoms with Crippen molar-refractivity contribution < 1.29 is 9.59 Å². The largest absolute Gasteiger partial charge is 0.355 e. The van der Waals surface area contributed by atoms with Crippen molar-refractivity contribution in [3.05, 3.63) is 34.9 Å². The molecule has 1 amide bonds. The van der Waals surface area contributed by atoms with Crippen molar-refractivity contribution >= 4 is 11.7 Å². The van der Waals surface area contributed by atoms with E-state index in [1.165, 1.54) is 0 Å². The molecule has 82 valence electrons. The molecular formula is C13H13NO2. The number of hydrogen-bond donors (Lipinski definition) is 1. The zero-order chi connectivity index (χ0) is 11.3. The SMILES string of the molecule is Cc1ccc2c(c1)C1(CNC(=O)C1)CC2=O. The number of benzene rings is 1. The lowest BCUT2D eigenvalue weighted by molar-refractivity contribution is -0.119. The third kappa shape index (κ3) is 1.14. The maximum atomic E-state index is 11.9. The van der Waals surface area contributed by atoms with Crippen LogP contribution < -0.4 is 5.32 Å². The predicted molar refractivity (Wildman–Crippen MR) is 59.4 cm³/mol. The van der Waals surface area contributed by atoms with E-state index >= 15 is 0 Å². The number of rotatable bonds is 0. The van der Waals surface area contributed by atoms with Gasteiger partial charge in [-0.15, -0.1) is 0 Å². The van der Waals surface area contributed by atoms with Crippen LogP contribution in [0.4, 0.5) is 0 Å². The summed E-state index contributed by atoms with van der Waals surface area (Å²) in [6.07, 6.45) is 0.930. The van der Waals surface area contributed by atoms with Gasteiger partial charge in [-0.05, 0) is 12.5 Å². The third-order valence-corrected chi connectivity index (χ3v) is 3.67. The summed E-state index contributed by atoms with van der Waals surface area (Å²) in [5.41, 5.74) is 2.76. The first-order valence-electron chi connectivity index (χ1n) is 5.52. The van der Waals surface area contributed by atoms with Gasteiger partial charge in [-0.2, -0.15) is 0 Å². The van der Waals surface area contributed by atoms with Gasteiger partial charge in [-0.25, -0.2) is 0 Å². The van der Waals surface area contributed by atoms with Crippen molar-refractivity contribution in [1.82, 2.24) is 5.32 Å². The van der Waals surface area contributed by atoms with Gasteiger partial charge in [0.2, 0.25) is 5.91 Å². The van der Waals surface area contributed by atoms with Gasteiger partial charge < -0.3 is 5.32 Å². The second-order valence-electron chi connectivity index (χ2n) is 4.88. The first kappa shape index (κ1) is 9.58. The Hall–Kier alpha value is -1.64. The number of nitrogens with one attached hydrogen (secondary N) is 1. The molecule has 3 rings (SSSR count). The fourth-order valence-electron chi connectivity index (χ4n) is 2.85. The Kier molecular flexibility index (Phi) is 1.76. The van der Waals surface area contributed by atoms with Crippen molar-refractivity contribution in [1.29, 1.82) is 0 Å². The van der Waals surface area contributed by atoms with Crippen LogP contribution in [0.2, 0.25) is 0 Å².